The first-order chi connectivity index (χ1) is 14.0. The van der Waals surface area contributed by atoms with Gasteiger partial charge in [0.25, 0.3) is 11.6 Å². The molecular formula is C21H18N4O3S. The van der Waals surface area contributed by atoms with E-state index < -0.39 is 4.92 Å². The molecule has 0 heterocycles. The molecule has 0 spiro atoms. The van der Waals surface area contributed by atoms with Gasteiger partial charge in [-0.15, -0.1) is 0 Å². The molecule has 3 aromatic rings. The number of amides is 1. The van der Waals surface area contributed by atoms with Crippen LogP contribution in [0.25, 0.3) is 0 Å². The maximum Gasteiger partial charge on any atom is 0.269 e. The molecule has 3 N–H and O–H groups in total. The Morgan fingerprint density at radius 2 is 1.59 bits per heavy atom. The van der Waals surface area contributed by atoms with Crippen LogP contribution >= 0.6 is 12.2 Å². The summed E-state index contributed by atoms with van der Waals surface area (Å²) in [5.74, 6) is -0.188. The van der Waals surface area contributed by atoms with Crippen molar-refractivity contribution >= 4 is 40.3 Å². The van der Waals surface area contributed by atoms with E-state index in [-0.39, 0.29) is 11.6 Å². The standard InChI is InChI=1S/C21H18N4O3S/c26-20(22-14-15-5-2-1-3-6-15)16-7-4-8-18(13-16)24-21(29)23-17-9-11-19(12-10-17)25(27)28/h1-13H,14H2,(H,22,26)(H2,23,24,29). The smallest absolute Gasteiger partial charge is 0.269 e. The van der Waals surface area contributed by atoms with Crippen molar-refractivity contribution in [3.8, 4) is 0 Å². The van der Waals surface area contributed by atoms with Crippen molar-refractivity contribution in [2.45, 2.75) is 6.54 Å². The van der Waals surface area contributed by atoms with Gasteiger partial charge in [0.15, 0.2) is 5.11 Å². The van der Waals surface area contributed by atoms with Gasteiger partial charge < -0.3 is 16.0 Å². The van der Waals surface area contributed by atoms with Crippen molar-refractivity contribution in [1.82, 2.24) is 5.32 Å². The molecular weight excluding hydrogens is 388 g/mol. The lowest BCUT2D eigenvalue weighted by Crippen LogP contribution is -2.23. The highest BCUT2D eigenvalue weighted by atomic mass is 32.1. The summed E-state index contributed by atoms with van der Waals surface area (Å²) in [5.41, 5.74) is 2.79. The van der Waals surface area contributed by atoms with Gasteiger partial charge in [-0.2, -0.15) is 0 Å². The number of non-ortho nitro benzene ring substituents is 1. The van der Waals surface area contributed by atoms with Crippen LogP contribution in [0.3, 0.4) is 0 Å². The topological polar surface area (TPSA) is 96.3 Å². The van der Waals surface area contributed by atoms with Crippen LogP contribution in [0.1, 0.15) is 15.9 Å². The van der Waals surface area contributed by atoms with Gasteiger partial charge in [-0.25, -0.2) is 0 Å². The minimum Gasteiger partial charge on any atom is -0.348 e. The minimum absolute atomic E-state index is 0.00337. The van der Waals surface area contributed by atoms with Crippen LogP contribution in [-0.2, 0) is 6.54 Å². The van der Waals surface area contributed by atoms with Crippen molar-refractivity contribution in [2.75, 3.05) is 10.6 Å². The summed E-state index contributed by atoms with van der Waals surface area (Å²) < 4.78 is 0. The molecule has 1 amide bonds. The zero-order chi connectivity index (χ0) is 20.6. The average molecular weight is 406 g/mol. The Bertz CT molecular complexity index is 1020. The lowest BCUT2D eigenvalue weighted by Gasteiger charge is -2.12. The molecule has 3 aromatic carbocycles. The fourth-order valence-electron chi connectivity index (χ4n) is 2.58. The first kappa shape index (κ1) is 20.0. The third-order valence-electron chi connectivity index (χ3n) is 4.01. The molecule has 0 atom stereocenters. The monoisotopic (exact) mass is 406 g/mol. The number of hydrogen-bond acceptors (Lipinski definition) is 4. The number of rotatable bonds is 6. The lowest BCUT2D eigenvalue weighted by molar-refractivity contribution is -0.384. The minimum atomic E-state index is -0.464. The molecule has 0 bridgehead atoms. The molecule has 8 heteroatoms. The number of carbonyl (C=O) groups excluding carboxylic acids is 1. The largest absolute Gasteiger partial charge is 0.348 e. The third kappa shape index (κ3) is 5.85. The van der Waals surface area contributed by atoms with Gasteiger partial charge >= 0.3 is 0 Å². The summed E-state index contributed by atoms with van der Waals surface area (Å²) in [6.45, 7) is 0.442. The van der Waals surface area contributed by atoms with Crippen molar-refractivity contribution < 1.29 is 9.72 Å². The van der Waals surface area contributed by atoms with Crippen LogP contribution in [-0.4, -0.2) is 15.9 Å². The molecule has 0 saturated heterocycles. The normalized spacial score (nSPS) is 10.1. The summed E-state index contributed by atoms with van der Waals surface area (Å²) in [6, 6.07) is 22.5. The maximum atomic E-state index is 12.4. The molecule has 0 aliphatic heterocycles. The van der Waals surface area contributed by atoms with Gasteiger partial charge in [-0.1, -0.05) is 36.4 Å². The quantitative estimate of drug-likeness (QED) is 0.320. The summed E-state index contributed by atoms with van der Waals surface area (Å²) in [6.07, 6.45) is 0. The van der Waals surface area contributed by atoms with E-state index >= 15 is 0 Å². The van der Waals surface area contributed by atoms with Crippen molar-refractivity contribution in [3.05, 3.63) is 100 Å². The molecule has 146 valence electrons. The molecule has 0 unspecified atom stereocenters. The van der Waals surface area contributed by atoms with E-state index in [9.17, 15) is 14.9 Å². The zero-order valence-corrected chi connectivity index (χ0v) is 16.1. The Morgan fingerprint density at radius 3 is 2.28 bits per heavy atom. The molecule has 0 radical (unpaired) electrons. The van der Waals surface area contributed by atoms with Gasteiger partial charge in [0, 0.05) is 35.6 Å². The predicted molar refractivity (Wildman–Crippen MR) is 117 cm³/mol. The maximum absolute atomic E-state index is 12.4. The number of nitrogens with one attached hydrogen (secondary N) is 3. The summed E-state index contributed by atoms with van der Waals surface area (Å²) in [7, 11) is 0. The second-order valence-electron chi connectivity index (χ2n) is 6.13. The van der Waals surface area contributed by atoms with Crippen LogP contribution in [0.4, 0.5) is 17.1 Å². The van der Waals surface area contributed by atoms with E-state index in [1.807, 2.05) is 30.3 Å². The van der Waals surface area contributed by atoms with E-state index in [0.717, 1.165) is 5.56 Å². The number of anilines is 2. The van der Waals surface area contributed by atoms with Crippen molar-refractivity contribution in [3.63, 3.8) is 0 Å². The second kappa shape index (κ2) is 9.43. The average Bonchev–Trinajstić information content (AvgIpc) is 2.73. The fraction of sp³-hybridized carbons (Fsp3) is 0.0476. The van der Waals surface area contributed by atoms with Crippen LogP contribution in [0.5, 0.6) is 0 Å². The zero-order valence-electron chi connectivity index (χ0n) is 15.3. The SMILES string of the molecule is O=C(NCc1ccccc1)c1cccc(NC(=S)Nc2ccc([N+](=O)[O-])cc2)c1. The highest BCUT2D eigenvalue weighted by molar-refractivity contribution is 7.80. The molecule has 0 saturated carbocycles. The number of nitro groups is 1. The van der Waals surface area contributed by atoms with Crippen LogP contribution < -0.4 is 16.0 Å². The van der Waals surface area contributed by atoms with E-state index in [1.54, 1.807) is 36.4 Å². The number of nitrogens with zero attached hydrogens (tertiary/aromatic N) is 1. The molecule has 7 nitrogen and oxygen atoms in total. The molecule has 0 fully saturated rings. The Kier molecular flexibility index (Phi) is 6.49. The summed E-state index contributed by atoms with van der Waals surface area (Å²) in [4.78, 5) is 22.6. The van der Waals surface area contributed by atoms with E-state index in [2.05, 4.69) is 16.0 Å². The summed E-state index contributed by atoms with van der Waals surface area (Å²) in [5, 5.41) is 19.8. The Balaban J connectivity index is 1.57. The Hall–Kier alpha value is -3.78. The van der Waals surface area contributed by atoms with E-state index in [4.69, 9.17) is 12.2 Å². The summed E-state index contributed by atoms with van der Waals surface area (Å²) >= 11 is 5.27. The van der Waals surface area contributed by atoms with Crippen molar-refractivity contribution in [1.29, 1.82) is 0 Å². The van der Waals surface area contributed by atoms with E-state index in [1.165, 1.54) is 12.1 Å². The van der Waals surface area contributed by atoms with Gasteiger partial charge in [0.2, 0.25) is 0 Å². The fourth-order valence-corrected chi connectivity index (χ4v) is 2.81. The number of benzene rings is 3. The van der Waals surface area contributed by atoms with E-state index in [0.29, 0.717) is 28.6 Å². The molecule has 29 heavy (non-hydrogen) atoms. The highest BCUT2D eigenvalue weighted by Gasteiger charge is 2.08. The third-order valence-corrected chi connectivity index (χ3v) is 4.22. The lowest BCUT2D eigenvalue weighted by atomic mass is 10.1. The second-order valence-corrected chi connectivity index (χ2v) is 6.54. The van der Waals surface area contributed by atoms with Crippen LogP contribution in [0, 0.1) is 10.1 Å². The van der Waals surface area contributed by atoms with Gasteiger partial charge in [0.05, 0.1) is 4.92 Å². The van der Waals surface area contributed by atoms with Crippen LogP contribution in [0.2, 0.25) is 0 Å². The predicted octanol–water partition coefficient (Wildman–Crippen LogP) is 4.33. The van der Waals surface area contributed by atoms with Gasteiger partial charge in [-0.05, 0) is 48.1 Å². The highest BCUT2D eigenvalue weighted by Crippen LogP contribution is 2.16. The first-order valence-corrected chi connectivity index (χ1v) is 9.17. The van der Waals surface area contributed by atoms with Gasteiger partial charge in [-0.3, -0.25) is 14.9 Å². The number of hydrogen-bond donors (Lipinski definition) is 3. The Morgan fingerprint density at radius 1 is 0.897 bits per heavy atom. The number of carbonyl (C=O) groups is 1. The molecule has 0 aliphatic rings. The molecule has 3 rings (SSSR count). The van der Waals surface area contributed by atoms with Crippen molar-refractivity contribution in [2.24, 2.45) is 0 Å². The Labute approximate surface area is 172 Å². The first-order valence-electron chi connectivity index (χ1n) is 8.76. The molecule has 0 aromatic heterocycles. The van der Waals surface area contributed by atoms with Gasteiger partial charge in [0.1, 0.15) is 0 Å². The number of thiocarbonyl (C=S) groups is 1. The number of nitro benzene ring substituents is 1. The molecule has 0 aliphatic carbocycles. The van der Waals surface area contributed by atoms with Crippen LogP contribution in [0.15, 0.2) is 78.9 Å².